The fourth-order valence-electron chi connectivity index (χ4n) is 2.22. The SMILES string of the molecule is CCOc1cc(CNCc2ccccc2)cc(Br)c1OCC(N)=O. The number of nitrogens with two attached hydrogens (primary N) is 1. The molecule has 0 bridgehead atoms. The molecule has 6 heteroatoms. The molecule has 0 saturated heterocycles. The first kappa shape index (κ1) is 18.3. The van der Waals surface area contributed by atoms with E-state index in [-0.39, 0.29) is 6.61 Å². The zero-order valence-electron chi connectivity index (χ0n) is 13.5. The highest BCUT2D eigenvalue weighted by molar-refractivity contribution is 9.10. The minimum absolute atomic E-state index is 0.190. The number of hydrogen-bond acceptors (Lipinski definition) is 4. The topological polar surface area (TPSA) is 73.6 Å². The Hall–Kier alpha value is -2.05. The Morgan fingerprint density at radius 3 is 2.50 bits per heavy atom. The molecular weight excluding hydrogens is 372 g/mol. The van der Waals surface area contributed by atoms with Gasteiger partial charge in [-0.2, -0.15) is 0 Å². The van der Waals surface area contributed by atoms with Crippen molar-refractivity contribution in [2.24, 2.45) is 5.73 Å². The second-order valence-electron chi connectivity index (χ2n) is 5.18. The largest absolute Gasteiger partial charge is 0.490 e. The van der Waals surface area contributed by atoms with Crippen molar-refractivity contribution in [2.75, 3.05) is 13.2 Å². The van der Waals surface area contributed by atoms with E-state index in [9.17, 15) is 4.79 Å². The number of carbonyl (C=O) groups excluding carboxylic acids is 1. The van der Waals surface area contributed by atoms with Crippen LogP contribution in [0.4, 0.5) is 0 Å². The number of nitrogens with one attached hydrogen (secondary N) is 1. The van der Waals surface area contributed by atoms with Crippen LogP contribution in [0.5, 0.6) is 11.5 Å². The average Bonchev–Trinajstić information content (AvgIpc) is 2.55. The smallest absolute Gasteiger partial charge is 0.255 e. The molecule has 0 radical (unpaired) electrons. The van der Waals surface area contributed by atoms with E-state index in [0.29, 0.717) is 24.7 Å². The van der Waals surface area contributed by atoms with E-state index in [1.54, 1.807) is 0 Å². The van der Waals surface area contributed by atoms with Crippen LogP contribution in [0.15, 0.2) is 46.9 Å². The van der Waals surface area contributed by atoms with E-state index in [1.807, 2.05) is 37.3 Å². The lowest BCUT2D eigenvalue weighted by molar-refractivity contribution is -0.119. The summed E-state index contributed by atoms with van der Waals surface area (Å²) in [5, 5.41) is 3.39. The molecule has 5 nitrogen and oxygen atoms in total. The first-order valence-corrected chi connectivity index (χ1v) is 8.50. The van der Waals surface area contributed by atoms with Crippen molar-refractivity contribution in [1.82, 2.24) is 5.32 Å². The number of amides is 1. The highest BCUT2D eigenvalue weighted by Crippen LogP contribution is 2.37. The number of hydrogen-bond donors (Lipinski definition) is 2. The lowest BCUT2D eigenvalue weighted by Crippen LogP contribution is -2.20. The highest BCUT2D eigenvalue weighted by atomic mass is 79.9. The maximum absolute atomic E-state index is 10.9. The predicted octanol–water partition coefficient (Wildman–Crippen LogP) is 3.00. The van der Waals surface area contributed by atoms with E-state index in [2.05, 4.69) is 33.4 Å². The van der Waals surface area contributed by atoms with Crippen molar-refractivity contribution in [3.8, 4) is 11.5 Å². The summed E-state index contributed by atoms with van der Waals surface area (Å²) in [6.07, 6.45) is 0. The number of carbonyl (C=O) groups is 1. The minimum Gasteiger partial charge on any atom is -0.490 e. The van der Waals surface area contributed by atoms with Crippen molar-refractivity contribution in [1.29, 1.82) is 0 Å². The molecular formula is C18H21BrN2O3. The summed E-state index contributed by atoms with van der Waals surface area (Å²) >= 11 is 3.47. The van der Waals surface area contributed by atoms with E-state index in [0.717, 1.165) is 16.6 Å². The molecule has 0 spiro atoms. The van der Waals surface area contributed by atoms with Gasteiger partial charge in [0.2, 0.25) is 0 Å². The van der Waals surface area contributed by atoms with Crippen LogP contribution >= 0.6 is 15.9 Å². The van der Waals surface area contributed by atoms with Gasteiger partial charge in [0.25, 0.3) is 5.91 Å². The van der Waals surface area contributed by atoms with Crippen LogP contribution in [0, 0.1) is 0 Å². The molecule has 128 valence electrons. The van der Waals surface area contributed by atoms with Crippen molar-refractivity contribution in [3.05, 3.63) is 58.1 Å². The second-order valence-corrected chi connectivity index (χ2v) is 6.04. The highest BCUT2D eigenvalue weighted by Gasteiger charge is 2.13. The zero-order chi connectivity index (χ0) is 17.4. The van der Waals surface area contributed by atoms with Crippen LogP contribution in [0.3, 0.4) is 0 Å². The summed E-state index contributed by atoms with van der Waals surface area (Å²) in [6, 6.07) is 14.0. The quantitative estimate of drug-likeness (QED) is 0.687. The number of ether oxygens (including phenoxy) is 2. The van der Waals surface area contributed by atoms with Crippen molar-refractivity contribution < 1.29 is 14.3 Å². The van der Waals surface area contributed by atoms with Gasteiger partial charge in [-0.05, 0) is 46.1 Å². The maximum atomic E-state index is 10.9. The molecule has 2 aromatic carbocycles. The van der Waals surface area contributed by atoms with Crippen LogP contribution in [-0.4, -0.2) is 19.1 Å². The standard InChI is InChI=1S/C18H21BrN2O3/c1-2-23-16-9-14(8-15(19)18(16)24-12-17(20)22)11-21-10-13-6-4-3-5-7-13/h3-9,21H,2,10-12H2,1H3,(H2,20,22). The fraction of sp³-hybridized carbons (Fsp3) is 0.278. The monoisotopic (exact) mass is 392 g/mol. The lowest BCUT2D eigenvalue weighted by Gasteiger charge is -2.15. The predicted molar refractivity (Wildman–Crippen MR) is 97.0 cm³/mol. The number of primary amides is 1. The molecule has 0 aliphatic heterocycles. The van der Waals surface area contributed by atoms with Crippen molar-refractivity contribution in [3.63, 3.8) is 0 Å². The number of rotatable bonds is 9. The molecule has 3 N–H and O–H groups in total. The zero-order valence-corrected chi connectivity index (χ0v) is 15.1. The summed E-state index contributed by atoms with van der Waals surface area (Å²) < 4.78 is 11.8. The number of halogens is 1. The van der Waals surface area contributed by atoms with Crippen LogP contribution in [0.25, 0.3) is 0 Å². The molecule has 1 amide bonds. The Balaban J connectivity index is 2.05. The van der Waals surface area contributed by atoms with Crippen LogP contribution in [-0.2, 0) is 17.9 Å². The van der Waals surface area contributed by atoms with Crippen LogP contribution in [0.1, 0.15) is 18.1 Å². The third-order valence-corrected chi connectivity index (χ3v) is 3.82. The van der Waals surface area contributed by atoms with Gasteiger partial charge in [0.1, 0.15) is 0 Å². The van der Waals surface area contributed by atoms with Gasteiger partial charge in [-0.1, -0.05) is 30.3 Å². The molecule has 0 unspecified atom stereocenters. The average molecular weight is 393 g/mol. The van der Waals surface area contributed by atoms with E-state index >= 15 is 0 Å². The molecule has 2 rings (SSSR count). The summed E-state index contributed by atoms with van der Waals surface area (Å²) in [5.41, 5.74) is 7.41. The van der Waals surface area contributed by atoms with Gasteiger partial charge in [0.15, 0.2) is 18.1 Å². The first-order chi connectivity index (χ1) is 11.6. The minimum atomic E-state index is -0.530. The van der Waals surface area contributed by atoms with Gasteiger partial charge >= 0.3 is 0 Å². The third kappa shape index (κ3) is 5.54. The van der Waals surface area contributed by atoms with E-state index in [4.69, 9.17) is 15.2 Å². The summed E-state index contributed by atoms with van der Waals surface area (Å²) in [6.45, 7) is 3.67. The molecule has 0 heterocycles. The normalized spacial score (nSPS) is 10.4. The van der Waals surface area contributed by atoms with E-state index in [1.165, 1.54) is 5.56 Å². The summed E-state index contributed by atoms with van der Waals surface area (Å²) in [4.78, 5) is 10.9. The fourth-order valence-corrected chi connectivity index (χ4v) is 2.82. The summed E-state index contributed by atoms with van der Waals surface area (Å²) in [7, 11) is 0. The van der Waals surface area contributed by atoms with Gasteiger partial charge in [0.05, 0.1) is 11.1 Å². The maximum Gasteiger partial charge on any atom is 0.255 e. The molecule has 0 atom stereocenters. The Morgan fingerprint density at radius 2 is 1.83 bits per heavy atom. The van der Waals surface area contributed by atoms with E-state index < -0.39 is 5.91 Å². The first-order valence-electron chi connectivity index (χ1n) is 7.71. The van der Waals surface area contributed by atoms with Gasteiger partial charge in [-0.3, -0.25) is 4.79 Å². The lowest BCUT2D eigenvalue weighted by atomic mass is 10.2. The van der Waals surface area contributed by atoms with Crippen molar-refractivity contribution >= 4 is 21.8 Å². The van der Waals surface area contributed by atoms with Gasteiger partial charge in [-0.15, -0.1) is 0 Å². The van der Waals surface area contributed by atoms with Gasteiger partial charge in [0, 0.05) is 13.1 Å². The molecule has 2 aromatic rings. The summed E-state index contributed by atoms with van der Waals surface area (Å²) in [5.74, 6) is 0.546. The Bertz CT molecular complexity index is 677. The molecule has 0 fully saturated rings. The van der Waals surface area contributed by atoms with Gasteiger partial charge in [-0.25, -0.2) is 0 Å². The van der Waals surface area contributed by atoms with Gasteiger partial charge < -0.3 is 20.5 Å². The van der Waals surface area contributed by atoms with Crippen molar-refractivity contribution in [2.45, 2.75) is 20.0 Å². The molecule has 24 heavy (non-hydrogen) atoms. The molecule has 0 saturated carbocycles. The number of benzene rings is 2. The third-order valence-electron chi connectivity index (χ3n) is 3.23. The Kier molecular flexibility index (Phi) is 7.08. The Labute approximate surface area is 150 Å². The van der Waals surface area contributed by atoms with Crippen LogP contribution < -0.4 is 20.5 Å². The Morgan fingerprint density at radius 1 is 1.12 bits per heavy atom. The molecule has 0 aliphatic rings. The second kappa shape index (κ2) is 9.30. The molecule has 0 aromatic heterocycles. The van der Waals surface area contributed by atoms with Crippen LogP contribution in [0.2, 0.25) is 0 Å². The molecule has 0 aliphatic carbocycles.